The number of hydrogen-bond donors (Lipinski definition) is 3. The fourth-order valence-corrected chi connectivity index (χ4v) is 1.98. The maximum atomic E-state index is 12.3. The van der Waals surface area contributed by atoms with E-state index in [2.05, 4.69) is 5.32 Å². The van der Waals surface area contributed by atoms with Gasteiger partial charge in [0.25, 0.3) is 5.91 Å². The molecule has 114 valence electrons. The highest BCUT2D eigenvalue weighted by Crippen LogP contribution is 2.17. The second kappa shape index (κ2) is 7.58. The Labute approximate surface area is 127 Å². The number of benzene rings is 2. The molecular weight excluding hydrogens is 288 g/mol. The smallest absolute Gasteiger partial charge is 0.462 e. The van der Waals surface area contributed by atoms with Crippen molar-refractivity contribution in [1.82, 2.24) is 5.32 Å². The third-order valence-corrected chi connectivity index (χ3v) is 3.04. The van der Waals surface area contributed by atoms with E-state index in [1.165, 1.54) is 12.1 Å². The Balaban J connectivity index is 2.05. The van der Waals surface area contributed by atoms with Gasteiger partial charge in [-0.15, -0.1) is 0 Å². The summed E-state index contributed by atoms with van der Waals surface area (Å²) < 4.78 is 17.1. The monoisotopic (exact) mass is 303 g/mol. The van der Waals surface area contributed by atoms with Gasteiger partial charge in [-0.25, -0.2) is 4.39 Å². The van der Waals surface area contributed by atoms with Crippen LogP contribution in [0.4, 0.5) is 4.39 Å². The van der Waals surface area contributed by atoms with Crippen LogP contribution in [0.1, 0.15) is 15.9 Å². The summed E-state index contributed by atoms with van der Waals surface area (Å²) in [6.07, 6.45) is 0. The molecule has 0 fully saturated rings. The number of amides is 1. The van der Waals surface area contributed by atoms with Crippen LogP contribution in [0.25, 0.3) is 0 Å². The van der Waals surface area contributed by atoms with Crippen LogP contribution in [0.2, 0.25) is 0 Å². The van der Waals surface area contributed by atoms with Gasteiger partial charge in [0.05, 0.1) is 5.56 Å². The standard InChI is InChI=1S/C15H15BFNO4/c17-10-22-14-7-2-1-6-13(14)15(19)18-9-11-4-3-5-12(8-11)16(20)21/h1-8,20-21H,9-10H2,(H,18,19). The highest BCUT2D eigenvalue weighted by Gasteiger charge is 2.13. The molecule has 0 atom stereocenters. The van der Waals surface area contributed by atoms with E-state index < -0.39 is 19.9 Å². The number of alkyl halides is 1. The van der Waals surface area contributed by atoms with Gasteiger partial charge >= 0.3 is 7.12 Å². The summed E-state index contributed by atoms with van der Waals surface area (Å²) in [6.45, 7) is -0.815. The van der Waals surface area contributed by atoms with Crippen LogP contribution in [0, 0.1) is 0 Å². The van der Waals surface area contributed by atoms with E-state index in [0.29, 0.717) is 11.0 Å². The summed E-state index contributed by atoms with van der Waals surface area (Å²) in [7, 11) is -1.56. The largest absolute Gasteiger partial charge is 0.488 e. The topological polar surface area (TPSA) is 78.8 Å². The van der Waals surface area contributed by atoms with Crippen molar-refractivity contribution >= 4 is 18.5 Å². The first-order valence-electron chi connectivity index (χ1n) is 6.63. The van der Waals surface area contributed by atoms with Crippen molar-refractivity contribution in [3.63, 3.8) is 0 Å². The Kier molecular flexibility index (Phi) is 5.51. The number of ether oxygens (including phenoxy) is 1. The van der Waals surface area contributed by atoms with Crippen molar-refractivity contribution in [2.75, 3.05) is 6.86 Å². The zero-order valence-corrected chi connectivity index (χ0v) is 11.7. The number of halogens is 1. The lowest BCUT2D eigenvalue weighted by atomic mass is 9.79. The van der Waals surface area contributed by atoms with Crippen LogP contribution in [-0.2, 0) is 6.54 Å². The average Bonchev–Trinajstić information content (AvgIpc) is 2.53. The van der Waals surface area contributed by atoms with Crippen molar-refractivity contribution in [2.24, 2.45) is 0 Å². The van der Waals surface area contributed by atoms with Crippen LogP contribution in [-0.4, -0.2) is 29.9 Å². The zero-order valence-electron chi connectivity index (χ0n) is 11.7. The number of carbonyl (C=O) groups is 1. The van der Waals surface area contributed by atoms with Gasteiger partial charge in [-0.05, 0) is 23.2 Å². The van der Waals surface area contributed by atoms with Gasteiger partial charge in [0, 0.05) is 6.54 Å². The van der Waals surface area contributed by atoms with Crippen LogP contribution >= 0.6 is 0 Å². The number of para-hydroxylation sites is 1. The first-order chi connectivity index (χ1) is 10.6. The molecule has 2 aromatic carbocycles. The molecule has 2 rings (SSSR count). The SMILES string of the molecule is O=C(NCc1cccc(B(O)O)c1)c1ccccc1OCF. The lowest BCUT2D eigenvalue weighted by Crippen LogP contribution is -2.30. The molecule has 1 amide bonds. The summed E-state index contributed by atoms with van der Waals surface area (Å²) in [5.41, 5.74) is 1.29. The molecule has 0 spiro atoms. The zero-order chi connectivity index (χ0) is 15.9. The Morgan fingerprint density at radius 2 is 1.95 bits per heavy atom. The fourth-order valence-electron chi connectivity index (χ4n) is 1.98. The summed E-state index contributed by atoms with van der Waals surface area (Å²) in [6, 6.07) is 12.9. The fraction of sp³-hybridized carbons (Fsp3) is 0.133. The first-order valence-corrected chi connectivity index (χ1v) is 6.63. The van der Waals surface area contributed by atoms with E-state index in [9.17, 15) is 9.18 Å². The minimum Gasteiger partial charge on any atom is -0.462 e. The summed E-state index contributed by atoms with van der Waals surface area (Å²) >= 11 is 0. The van der Waals surface area contributed by atoms with Crippen LogP contribution in [0.15, 0.2) is 48.5 Å². The second-order valence-corrected chi connectivity index (χ2v) is 4.55. The molecule has 0 aliphatic carbocycles. The summed E-state index contributed by atoms with van der Waals surface area (Å²) in [5, 5.41) is 20.9. The van der Waals surface area contributed by atoms with Crippen molar-refractivity contribution in [2.45, 2.75) is 6.54 Å². The molecule has 22 heavy (non-hydrogen) atoms. The minimum absolute atomic E-state index is 0.169. The molecule has 2 aromatic rings. The van der Waals surface area contributed by atoms with Gasteiger partial charge in [-0.2, -0.15) is 0 Å². The molecule has 0 saturated heterocycles. The summed E-state index contributed by atoms with van der Waals surface area (Å²) in [5.74, 6) is -0.235. The molecule has 0 aliphatic heterocycles. The molecular formula is C15H15BFNO4. The second-order valence-electron chi connectivity index (χ2n) is 4.55. The van der Waals surface area contributed by atoms with Gasteiger partial charge in [0.15, 0.2) is 0 Å². The predicted molar refractivity (Wildman–Crippen MR) is 80.5 cm³/mol. The minimum atomic E-state index is -1.56. The Morgan fingerprint density at radius 1 is 1.18 bits per heavy atom. The first kappa shape index (κ1) is 16.0. The lowest BCUT2D eigenvalue weighted by molar-refractivity contribution is 0.0943. The predicted octanol–water partition coefficient (Wildman–Crippen LogP) is 0.602. The van der Waals surface area contributed by atoms with Gasteiger partial charge in [0.2, 0.25) is 6.86 Å². The van der Waals surface area contributed by atoms with E-state index in [0.717, 1.165) is 0 Å². The van der Waals surface area contributed by atoms with Crippen LogP contribution in [0.3, 0.4) is 0 Å². The number of carbonyl (C=O) groups excluding carboxylic acids is 1. The van der Waals surface area contributed by atoms with Crippen LogP contribution < -0.4 is 15.5 Å². The van der Waals surface area contributed by atoms with E-state index in [1.807, 2.05) is 0 Å². The molecule has 0 saturated carbocycles. The Hall–Kier alpha value is -2.38. The third kappa shape index (κ3) is 4.06. The normalized spacial score (nSPS) is 10.1. The molecule has 3 N–H and O–H groups in total. The lowest BCUT2D eigenvalue weighted by Gasteiger charge is -2.10. The summed E-state index contributed by atoms with van der Waals surface area (Å²) in [4.78, 5) is 12.1. The average molecular weight is 303 g/mol. The van der Waals surface area contributed by atoms with E-state index in [4.69, 9.17) is 14.8 Å². The highest BCUT2D eigenvalue weighted by atomic mass is 19.1. The maximum Gasteiger partial charge on any atom is 0.488 e. The number of rotatable bonds is 6. The van der Waals surface area contributed by atoms with E-state index >= 15 is 0 Å². The molecule has 0 aliphatic rings. The van der Waals surface area contributed by atoms with Gasteiger partial charge in [-0.3, -0.25) is 4.79 Å². The molecule has 0 heterocycles. The Bertz CT molecular complexity index is 651. The highest BCUT2D eigenvalue weighted by molar-refractivity contribution is 6.58. The van der Waals surface area contributed by atoms with E-state index in [1.54, 1.807) is 36.4 Å². The molecule has 0 bridgehead atoms. The molecule has 5 nitrogen and oxygen atoms in total. The Morgan fingerprint density at radius 3 is 2.68 bits per heavy atom. The van der Waals surface area contributed by atoms with Crippen molar-refractivity contribution < 1.29 is 24.0 Å². The van der Waals surface area contributed by atoms with E-state index in [-0.39, 0.29) is 17.9 Å². The van der Waals surface area contributed by atoms with Gasteiger partial charge in [-0.1, -0.05) is 36.4 Å². The molecule has 0 radical (unpaired) electrons. The number of nitrogens with one attached hydrogen (secondary N) is 1. The maximum absolute atomic E-state index is 12.3. The van der Waals surface area contributed by atoms with Crippen molar-refractivity contribution in [3.8, 4) is 5.75 Å². The molecule has 7 heteroatoms. The number of hydrogen-bond acceptors (Lipinski definition) is 4. The van der Waals surface area contributed by atoms with Crippen molar-refractivity contribution in [1.29, 1.82) is 0 Å². The molecule has 0 unspecified atom stereocenters. The van der Waals surface area contributed by atoms with Crippen LogP contribution in [0.5, 0.6) is 5.75 Å². The van der Waals surface area contributed by atoms with Crippen molar-refractivity contribution in [3.05, 3.63) is 59.7 Å². The van der Waals surface area contributed by atoms with Gasteiger partial charge < -0.3 is 20.1 Å². The quantitative estimate of drug-likeness (QED) is 0.683. The molecule has 0 aromatic heterocycles. The third-order valence-electron chi connectivity index (χ3n) is 3.04. The van der Waals surface area contributed by atoms with Gasteiger partial charge in [0.1, 0.15) is 5.75 Å².